The minimum atomic E-state index is -1.08. The smallest absolute Gasteiger partial charge is 0.338 e. The number of benzene rings is 2. The molecule has 1 amide bonds. The number of nitrogens with zero attached hydrogens (tertiary/aromatic N) is 1. The molecule has 0 heterocycles. The van der Waals surface area contributed by atoms with Crippen LogP contribution in [0.2, 0.25) is 0 Å². The van der Waals surface area contributed by atoms with Gasteiger partial charge in [-0.15, -0.1) is 0 Å². The fourth-order valence-electron chi connectivity index (χ4n) is 1.95. The number of rotatable bonds is 6. The maximum atomic E-state index is 12.1. The Bertz CT molecular complexity index is 788. The van der Waals surface area contributed by atoms with Crippen LogP contribution in [0.15, 0.2) is 48.5 Å². The summed E-state index contributed by atoms with van der Waals surface area (Å²) in [5.74, 6) is -0.667. The molecule has 0 radical (unpaired) electrons. The van der Waals surface area contributed by atoms with Gasteiger partial charge in [0.25, 0.3) is 11.6 Å². The maximum absolute atomic E-state index is 12.1. The molecule has 25 heavy (non-hydrogen) atoms. The molecule has 1 atom stereocenters. The molecule has 0 saturated carbocycles. The van der Waals surface area contributed by atoms with Crippen molar-refractivity contribution in [2.75, 3.05) is 12.4 Å². The molecule has 0 spiro atoms. The molecule has 0 saturated heterocycles. The van der Waals surface area contributed by atoms with Crippen LogP contribution in [0.25, 0.3) is 0 Å². The van der Waals surface area contributed by atoms with Crippen molar-refractivity contribution >= 4 is 23.3 Å². The number of hydrogen-bond acceptors (Lipinski definition) is 6. The normalized spacial score (nSPS) is 11.3. The summed E-state index contributed by atoms with van der Waals surface area (Å²) in [6.45, 7) is 1.41. The molecule has 1 N–H and O–H groups in total. The number of hydrogen-bond donors (Lipinski definition) is 1. The molecule has 2 rings (SSSR count). The van der Waals surface area contributed by atoms with Gasteiger partial charge in [0.05, 0.1) is 17.6 Å². The van der Waals surface area contributed by atoms with E-state index in [0.29, 0.717) is 5.75 Å². The zero-order chi connectivity index (χ0) is 18.4. The third-order valence-corrected chi connectivity index (χ3v) is 3.30. The number of nitrogens with one attached hydrogen (secondary N) is 1. The Kier molecular flexibility index (Phi) is 5.67. The first-order chi connectivity index (χ1) is 11.9. The number of carbonyl (C=O) groups excluding carboxylic acids is 2. The van der Waals surface area contributed by atoms with Crippen LogP contribution in [0.5, 0.6) is 5.75 Å². The Morgan fingerprint density at radius 1 is 1.16 bits per heavy atom. The van der Waals surface area contributed by atoms with E-state index >= 15 is 0 Å². The lowest BCUT2D eigenvalue weighted by Crippen LogP contribution is -2.30. The van der Waals surface area contributed by atoms with Crippen molar-refractivity contribution in [3.05, 3.63) is 64.2 Å². The molecule has 2 aromatic rings. The zero-order valence-electron chi connectivity index (χ0n) is 13.6. The molecule has 0 aliphatic rings. The van der Waals surface area contributed by atoms with E-state index in [-0.39, 0.29) is 16.9 Å². The summed E-state index contributed by atoms with van der Waals surface area (Å²) in [5.41, 5.74) is 0.364. The quantitative estimate of drug-likeness (QED) is 0.490. The molecule has 0 unspecified atom stereocenters. The number of nitro benzene ring substituents is 1. The second-order valence-corrected chi connectivity index (χ2v) is 5.07. The summed E-state index contributed by atoms with van der Waals surface area (Å²) in [6, 6.07) is 11.7. The predicted molar refractivity (Wildman–Crippen MR) is 89.6 cm³/mol. The van der Waals surface area contributed by atoms with E-state index in [1.807, 2.05) is 0 Å². The largest absolute Gasteiger partial charge is 0.497 e. The molecular formula is C17H16N2O6. The van der Waals surface area contributed by atoms with Crippen LogP contribution in [0.1, 0.15) is 17.3 Å². The van der Waals surface area contributed by atoms with E-state index in [4.69, 9.17) is 9.47 Å². The van der Waals surface area contributed by atoms with Crippen molar-refractivity contribution in [1.82, 2.24) is 0 Å². The molecule has 8 heteroatoms. The summed E-state index contributed by atoms with van der Waals surface area (Å²) in [5, 5.41) is 13.2. The number of carbonyl (C=O) groups is 2. The van der Waals surface area contributed by atoms with Crippen LogP contribution in [0.4, 0.5) is 11.4 Å². The highest BCUT2D eigenvalue weighted by Gasteiger charge is 2.19. The fourth-order valence-corrected chi connectivity index (χ4v) is 1.95. The van der Waals surface area contributed by atoms with Crippen LogP contribution < -0.4 is 10.1 Å². The Morgan fingerprint density at radius 3 is 2.44 bits per heavy atom. The maximum Gasteiger partial charge on any atom is 0.338 e. The van der Waals surface area contributed by atoms with Crippen LogP contribution in [-0.4, -0.2) is 30.0 Å². The molecule has 0 bridgehead atoms. The van der Waals surface area contributed by atoms with Gasteiger partial charge in [-0.05, 0) is 37.3 Å². The van der Waals surface area contributed by atoms with Gasteiger partial charge >= 0.3 is 5.97 Å². The average Bonchev–Trinajstić information content (AvgIpc) is 2.61. The molecule has 2 aromatic carbocycles. The predicted octanol–water partition coefficient (Wildman–Crippen LogP) is 2.79. The number of methoxy groups -OCH3 is 1. The Labute approximate surface area is 143 Å². The second kappa shape index (κ2) is 7.91. The highest BCUT2D eigenvalue weighted by molar-refractivity contribution is 5.97. The summed E-state index contributed by atoms with van der Waals surface area (Å²) < 4.78 is 10.1. The second-order valence-electron chi connectivity index (χ2n) is 5.07. The van der Waals surface area contributed by atoms with Gasteiger partial charge < -0.3 is 14.8 Å². The number of anilines is 1. The Morgan fingerprint density at radius 2 is 1.84 bits per heavy atom. The first kappa shape index (κ1) is 17.9. The van der Waals surface area contributed by atoms with Crippen LogP contribution in [0.3, 0.4) is 0 Å². The van der Waals surface area contributed by atoms with Gasteiger partial charge in [0, 0.05) is 17.8 Å². The van der Waals surface area contributed by atoms with Crippen molar-refractivity contribution in [2.24, 2.45) is 0 Å². The van der Waals surface area contributed by atoms with Gasteiger partial charge in [-0.1, -0.05) is 6.07 Å². The van der Waals surface area contributed by atoms with Gasteiger partial charge in [0.1, 0.15) is 5.75 Å². The van der Waals surface area contributed by atoms with E-state index in [2.05, 4.69) is 5.32 Å². The Balaban J connectivity index is 1.98. The highest BCUT2D eigenvalue weighted by atomic mass is 16.6. The first-order valence-corrected chi connectivity index (χ1v) is 7.31. The minimum Gasteiger partial charge on any atom is -0.497 e. The zero-order valence-corrected chi connectivity index (χ0v) is 13.6. The van der Waals surface area contributed by atoms with Crippen LogP contribution in [0, 0.1) is 10.1 Å². The van der Waals surface area contributed by atoms with E-state index in [9.17, 15) is 19.7 Å². The molecule has 8 nitrogen and oxygen atoms in total. The van der Waals surface area contributed by atoms with Crippen molar-refractivity contribution in [3.63, 3.8) is 0 Å². The molecule has 0 aliphatic heterocycles. The third kappa shape index (κ3) is 4.77. The van der Waals surface area contributed by atoms with Crippen LogP contribution >= 0.6 is 0 Å². The van der Waals surface area contributed by atoms with Crippen molar-refractivity contribution < 1.29 is 24.0 Å². The van der Waals surface area contributed by atoms with Gasteiger partial charge in [-0.3, -0.25) is 14.9 Å². The van der Waals surface area contributed by atoms with E-state index in [0.717, 1.165) is 0 Å². The van der Waals surface area contributed by atoms with E-state index in [1.54, 1.807) is 12.1 Å². The summed E-state index contributed by atoms with van der Waals surface area (Å²) in [6.07, 6.45) is -1.08. The van der Waals surface area contributed by atoms with Gasteiger partial charge in [-0.25, -0.2) is 4.79 Å². The standard InChI is InChI=1S/C17H16N2O6/c1-11(25-17(21)12-6-8-15(24-2)9-7-12)16(20)18-13-4-3-5-14(10-13)19(22)23/h3-11H,1-2H3,(H,18,20)/t11-/m1/s1. The molecular weight excluding hydrogens is 328 g/mol. The third-order valence-electron chi connectivity index (χ3n) is 3.30. The lowest BCUT2D eigenvalue weighted by atomic mass is 10.2. The van der Waals surface area contributed by atoms with E-state index < -0.39 is 22.9 Å². The number of ether oxygens (including phenoxy) is 2. The molecule has 0 fully saturated rings. The monoisotopic (exact) mass is 344 g/mol. The van der Waals surface area contributed by atoms with Gasteiger partial charge in [0.15, 0.2) is 6.10 Å². The highest BCUT2D eigenvalue weighted by Crippen LogP contribution is 2.18. The summed E-state index contributed by atoms with van der Waals surface area (Å²) in [4.78, 5) is 34.3. The number of amides is 1. The van der Waals surface area contributed by atoms with Gasteiger partial charge in [-0.2, -0.15) is 0 Å². The number of nitro groups is 1. The summed E-state index contributed by atoms with van der Waals surface area (Å²) >= 11 is 0. The van der Waals surface area contributed by atoms with Gasteiger partial charge in [0.2, 0.25) is 0 Å². The molecule has 130 valence electrons. The van der Waals surface area contributed by atoms with Crippen molar-refractivity contribution in [1.29, 1.82) is 0 Å². The topological polar surface area (TPSA) is 108 Å². The number of esters is 1. The Hall–Kier alpha value is -3.42. The lowest BCUT2D eigenvalue weighted by molar-refractivity contribution is -0.384. The first-order valence-electron chi connectivity index (χ1n) is 7.31. The lowest BCUT2D eigenvalue weighted by Gasteiger charge is -2.13. The fraction of sp³-hybridized carbons (Fsp3) is 0.176. The van der Waals surface area contributed by atoms with Crippen molar-refractivity contribution in [2.45, 2.75) is 13.0 Å². The SMILES string of the molecule is COc1ccc(C(=O)O[C@H](C)C(=O)Nc2cccc([N+](=O)[O-])c2)cc1. The molecule has 0 aliphatic carbocycles. The molecule has 0 aromatic heterocycles. The minimum absolute atomic E-state index is 0.152. The summed E-state index contributed by atoms with van der Waals surface area (Å²) in [7, 11) is 1.51. The van der Waals surface area contributed by atoms with E-state index in [1.165, 1.54) is 50.4 Å². The number of non-ortho nitro benzene ring substituents is 1. The van der Waals surface area contributed by atoms with Crippen molar-refractivity contribution in [3.8, 4) is 5.75 Å². The average molecular weight is 344 g/mol. The van der Waals surface area contributed by atoms with Crippen LogP contribution in [-0.2, 0) is 9.53 Å².